The Bertz CT molecular complexity index is 719. The largest absolute Gasteiger partial charge is 0.289 e. The highest BCUT2D eigenvalue weighted by Gasteiger charge is 2.03. The van der Waals surface area contributed by atoms with Gasteiger partial charge in [0.2, 0.25) is 0 Å². The van der Waals surface area contributed by atoms with E-state index in [1.165, 1.54) is 0 Å². The topological polar surface area (TPSA) is 30.0 Å². The zero-order chi connectivity index (χ0) is 11.7. The summed E-state index contributed by atoms with van der Waals surface area (Å²) in [4.78, 5) is 16.9. The van der Waals surface area contributed by atoms with Crippen LogP contribution in [0.1, 0.15) is 0 Å². The third-order valence-corrected chi connectivity index (χ3v) is 3.75. The highest BCUT2D eigenvalue weighted by molar-refractivity contribution is 7.21. The lowest BCUT2D eigenvalue weighted by Crippen LogP contribution is -1.98. The van der Waals surface area contributed by atoms with E-state index in [0.717, 1.165) is 20.5 Å². The molecule has 0 radical (unpaired) electrons. The van der Waals surface area contributed by atoms with Crippen LogP contribution in [0.2, 0.25) is 0 Å². The van der Waals surface area contributed by atoms with Gasteiger partial charge in [0.1, 0.15) is 0 Å². The van der Waals surface area contributed by atoms with Crippen LogP contribution < -0.4 is 5.43 Å². The van der Waals surface area contributed by atoms with Crippen molar-refractivity contribution in [1.29, 1.82) is 0 Å². The molecule has 0 aliphatic rings. The van der Waals surface area contributed by atoms with E-state index in [1.807, 2.05) is 36.4 Å². The molecule has 3 rings (SSSR count). The fourth-order valence-corrected chi connectivity index (χ4v) is 2.84. The van der Waals surface area contributed by atoms with E-state index in [4.69, 9.17) is 0 Å². The first kappa shape index (κ1) is 10.2. The molecule has 0 amide bonds. The van der Waals surface area contributed by atoms with Gasteiger partial charge in [-0.1, -0.05) is 12.1 Å². The second kappa shape index (κ2) is 4.11. The number of benzene rings is 1. The average molecular weight is 239 g/mol. The van der Waals surface area contributed by atoms with Gasteiger partial charge in [0, 0.05) is 33.4 Å². The summed E-state index contributed by atoms with van der Waals surface area (Å²) in [6.45, 7) is 0. The van der Waals surface area contributed by atoms with Crippen LogP contribution >= 0.6 is 11.3 Å². The smallest absolute Gasteiger partial charge is 0.188 e. The highest BCUT2D eigenvalue weighted by atomic mass is 32.1. The van der Waals surface area contributed by atoms with Crippen LogP contribution in [-0.4, -0.2) is 4.98 Å². The summed E-state index contributed by atoms with van der Waals surface area (Å²) >= 11 is 1.63. The maximum absolute atomic E-state index is 12.0. The molecular formula is C14H9NOS. The summed E-state index contributed by atoms with van der Waals surface area (Å²) in [5, 5.41) is 0.787. The molecule has 3 aromatic rings. The van der Waals surface area contributed by atoms with Gasteiger partial charge in [-0.05, 0) is 29.8 Å². The zero-order valence-corrected chi connectivity index (χ0v) is 9.78. The first-order valence-electron chi connectivity index (χ1n) is 5.28. The van der Waals surface area contributed by atoms with Crippen LogP contribution in [0.3, 0.4) is 0 Å². The second-order valence-electron chi connectivity index (χ2n) is 3.71. The fourth-order valence-electron chi connectivity index (χ4n) is 1.76. The summed E-state index contributed by atoms with van der Waals surface area (Å²) < 4.78 is 1.02. The van der Waals surface area contributed by atoms with Crippen molar-refractivity contribution in [3.05, 3.63) is 65.1 Å². The van der Waals surface area contributed by atoms with Gasteiger partial charge in [0.25, 0.3) is 0 Å². The SMILES string of the molecule is O=c1cc(-c2ccncc2)sc2ccccc12. The van der Waals surface area contributed by atoms with Crippen LogP contribution in [0.5, 0.6) is 0 Å². The number of hydrogen-bond donors (Lipinski definition) is 0. The second-order valence-corrected chi connectivity index (χ2v) is 4.79. The molecule has 0 bridgehead atoms. The van der Waals surface area contributed by atoms with Crippen molar-refractivity contribution in [1.82, 2.24) is 4.98 Å². The van der Waals surface area contributed by atoms with Gasteiger partial charge >= 0.3 is 0 Å². The van der Waals surface area contributed by atoms with Gasteiger partial charge in [-0.15, -0.1) is 11.3 Å². The molecule has 3 heteroatoms. The van der Waals surface area contributed by atoms with E-state index in [0.29, 0.717) is 0 Å². The number of pyridine rings is 1. The van der Waals surface area contributed by atoms with Crippen molar-refractivity contribution in [2.45, 2.75) is 0 Å². The monoisotopic (exact) mass is 239 g/mol. The van der Waals surface area contributed by atoms with E-state index >= 15 is 0 Å². The van der Waals surface area contributed by atoms with E-state index in [9.17, 15) is 4.79 Å². The normalized spacial score (nSPS) is 10.6. The molecule has 0 atom stereocenters. The first-order chi connectivity index (χ1) is 8.34. The van der Waals surface area contributed by atoms with Crippen molar-refractivity contribution in [3.63, 3.8) is 0 Å². The minimum absolute atomic E-state index is 0.0752. The Hall–Kier alpha value is -2.00. The molecule has 0 aliphatic heterocycles. The number of fused-ring (bicyclic) bond motifs is 1. The van der Waals surface area contributed by atoms with Crippen molar-refractivity contribution < 1.29 is 0 Å². The van der Waals surface area contributed by atoms with Gasteiger partial charge in [-0.25, -0.2) is 0 Å². The van der Waals surface area contributed by atoms with Crippen LogP contribution in [0.15, 0.2) is 59.7 Å². The summed E-state index contributed by atoms with van der Waals surface area (Å²) in [7, 11) is 0. The predicted molar refractivity (Wildman–Crippen MR) is 71.3 cm³/mol. The van der Waals surface area contributed by atoms with Crippen LogP contribution in [0.4, 0.5) is 0 Å². The Morgan fingerprint density at radius 3 is 2.59 bits per heavy atom. The molecule has 0 N–H and O–H groups in total. The minimum atomic E-state index is 0.0752. The van der Waals surface area contributed by atoms with Crippen LogP contribution in [-0.2, 0) is 0 Å². The van der Waals surface area contributed by atoms with E-state index in [1.54, 1.807) is 29.8 Å². The molecule has 0 unspecified atom stereocenters. The number of nitrogens with zero attached hydrogens (tertiary/aromatic N) is 1. The quantitative estimate of drug-likeness (QED) is 0.652. The van der Waals surface area contributed by atoms with Gasteiger partial charge in [0.05, 0.1) is 0 Å². The van der Waals surface area contributed by atoms with Crippen molar-refractivity contribution in [2.24, 2.45) is 0 Å². The molecule has 0 saturated carbocycles. The third-order valence-electron chi connectivity index (χ3n) is 2.60. The van der Waals surface area contributed by atoms with E-state index in [-0.39, 0.29) is 5.43 Å². The minimum Gasteiger partial charge on any atom is -0.289 e. The number of rotatable bonds is 1. The molecule has 2 aromatic heterocycles. The zero-order valence-electron chi connectivity index (χ0n) is 8.96. The Kier molecular flexibility index (Phi) is 2.46. The lowest BCUT2D eigenvalue weighted by Gasteiger charge is -2.01. The van der Waals surface area contributed by atoms with E-state index in [2.05, 4.69) is 4.98 Å². The Morgan fingerprint density at radius 1 is 1.00 bits per heavy atom. The third kappa shape index (κ3) is 1.85. The van der Waals surface area contributed by atoms with Crippen LogP contribution in [0, 0.1) is 0 Å². The predicted octanol–water partition coefficient (Wildman–Crippen LogP) is 3.32. The van der Waals surface area contributed by atoms with Gasteiger partial charge < -0.3 is 0 Å². The molecule has 0 saturated heterocycles. The standard InChI is InChI=1S/C14H9NOS/c16-12-9-14(10-5-7-15-8-6-10)17-13-4-2-1-3-11(12)13/h1-9H. The highest BCUT2D eigenvalue weighted by Crippen LogP contribution is 2.27. The van der Waals surface area contributed by atoms with Crippen molar-refractivity contribution in [3.8, 4) is 10.4 Å². The number of aromatic nitrogens is 1. The Balaban J connectivity index is 2.30. The summed E-state index contributed by atoms with van der Waals surface area (Å²) in [5.41, 5.74) is 1.11. The molecule has 0 fully saturated rings. The van der Waals surface area contributed by atoms with Crippen LogP contribution in [0.25, 0.3) is 20.5 Å². The molecule has 1 aromatic carbocycles. The van der Waals surface area contributed by atoms with Crippen molar-refractivity contribution in [2.75, 3.05) is 0 Å². The van der Waals surface area contributed by atoms with Gasteiger partial charge in [-0.3, -0.25) is 9.78 Å². The van der Waals surface area contributed by atoms with Crippen molar-refractivity contribution >= 4 is 21.4 Å². The lowest BCUT2D eigenvalue weighted by molar-refractivity contribution is 1.33. The maximum atomic E-state index is 12.0. The first-order valence-corrected chi connectivity index (χ1v) is 6.09. The fraction of sp³-hybridized carbons (Fsp3) is 0. The molecule has 17 heavy (non-hydrogen) atoms. The molecule has 82 valence electrons. The Morgan fingerprint density at radius 2 is 1.76 bits per heavy atom. The average Bonchev–Trinajstić information content (AvgIpc) is 2.40. The summed E-state index contributed by atoms with van der Waals surface area (Å²) in [5.74, 6) is 0. The van der Waals surface area contributed by atoms with Gasteiger partial charge in [0.15, 0.2) is 5.43 Å². The van der Waals surface area contributed by atoms with Gasteiger partial charge in [-0.2, -0.15) is 0 Å². The van der Waals surface area contributed by atoms with E-state index < -0.39 is 0 Å². The summed E-state index contributed by atoms with van der Waals surface area (Å²) in [6.07, 6.45) is 3.48. The molecular weight excluding hydrogens is 230 g/mol. The molecule has 2 nitrogen and oxygen atoms in total. The molecule has 0 spiro atoms. The molecule has 0 aliphatic carbocycles. The summed E-state index contributed by atoms with van der Waals surface area (Å²) in [6, 6.07) is 13.2. The maximum Gasteiger partial charge on any atom is 0.188 e. The molecule has 2 heterocycles. The number of hydrogen-bond acceptors (Lipinski definition) is 3. The lowest BCUT2D eigenvalue weighted by atomic mass is 10.2. The Labute approximate surface area is 102 Å².